The summed E-state index contributed by atoms with van der Waals surface area (Å²) in [6.45, 7) is 3.14. The van der Waals surface area contributed by atoms with Gasteiger partial charge >= 0.3 is 5.69 Å². The number of nitrogen functional groups attached to an aromatic ring is 1. The molecule has 2 fully saturated rings. The lowest BCUT2D eigenvalue weighted by Gasteiger charge is -2.23. The second-order valence-electron chi connectivity index (χ2n) is 7.33. The average molecular weight is 418 g/mol. The maximum atomic E-state index is 14.9. The molecule has 1 aromatic carbocycles. The molecule has 27 heavy (non-hydrogen) atoms. The molecule has 2 heterocycles. The third kappa shape index (κ3) is 3.09. The van der Waals surface area contributed by atoms with Crippen LogP contribution in [0.4, 0.5) is 10.1 Å². The summed E-state index contributed by atoms with van der Waals surface area (Å²) in [6, 6.07) is 1.07. The Hall–Kier alpha value is -1.77. The molecule has 148 valence electrons. The summed E-state index contributed by atoms with van der Waals surface area (Å²) in [6.07, 6.45) is 2.44. The number of hydrogen-bond acceptors (Lipinski definition) is 5. The summed E-state index contributed by atoms with van der Waals surface area (Å²) in [5.74, 6) is 5.26. The van der Waals surface area contributed by atoms with Crippen molar-refractivity contribution in [3.63, 3.8) is 0 Å². The Morgan fingerprint density at radius 1 is 1.30 bits per heavy atom. The van der Waals surface area contributed by atoms with Gasteiger partial charge in [-0.15, -0.1) is 12.4 Å². The molecule has 2 aromatic rings. The Balaban J connectivity index is 0.00000210. The van der Waals surface area contributed by atoms with Crippen LogP contribution >= 0.6 is 24.0 Å². The van der Waals surface area contributed by atoms with Crippen LogP contribution in [0.15, 0.2) is 15.7 Å². The molecule has 1 saturated carbocycles. The molecule has 4 N–H and O–H groups in total. The van der Waals surface area contributed by atoms with Crippen LogP contribution in [-0.2, 0) is 0 Å². The number of nitrogens with two attached hydrogens (primary N) is 2. The van der Waals surface area contributed by atoms with Crippen LogP contribution < -0.4 is 27.7 Å². The number of aromatic nitrogens is 2. The zero-order chi connectivity index (χ0) is 18.7. The summed E-state index contributed by atoms with van der Waals surface area (Å²) < 4.78 is 16.8. The van der Waals surface area contributed by atoms with Gasteiger partial charge in [0.1, 0.15) is 5.82 Å². The molecule has 0 radical (unpaired) electrons. The van der Waals surface area contributed by atoms with E-state index in [9.17, 15) is 14.0 Å². The van der Waals surface area contributed by atoms with Crippen LogP contribution in [0.25, 0.3) is 10.9 Å². The maximum absolute atomic E-state index is 14.9. The van der Waals surface area contributed by atoms with E-state index in [4.69, 9.17) is 23.2 Å². The topological polar surface area (TPSA) is 99.3 Å². The van der Waals surface area contributed by atoms with Gasteiger partial charge in [0.05, 0.1) is 21.6 Å². The molecule has 2 aliphatic rings. The molecule has 0 spiro atoms. The van der Waals surface area contributed by atoms with Crippen molar-refractivity contribution >= 4 is 40.6 Å². The molecule has 10 heteroatoms. The first-order valence-corrected chi connectivity index (χ1v) is 9.14. The zero-order valence-corrected chi connectivity index (χ0v) is 16.4. The Labute approximate surface area is 166 Å². The van der Waals surface area contributed by atoms with E-state index in [0.717, 1.165) is 25.3 Å². The predicted octanol–water partition coefficient (Wildman–Crippen LogP) is 1.60. The predicted molar refractivity (Wildman–Crippen MR) is 107 cm³/mol. The van der Waals surface area contributed by atoms with Crippen molar-refractivity contribution < 1.29 is 4.39 Å². The van der Waals surface area contributed by atoms with Gasteiger partial charge in [0.15, 0.2) is 0 Å². The summed E-state index contributed by atoms with van der Waals surface area (Å²) >= 11 is 6.57. The number of halogens is 3. The van der Waals surface area contributed by atoms with Gasteiger partial charge in [-0.2, -0.15) is 4.68 Å². The largest absolute Gasteiger partial charge is 0.368 e. The molecular formula is C17H22Cl2FN5O2. The fraction of sp³-hybridized carbons (Fsp3) is 0.529. The Kier molecular flexibility index (Phi) is 5.18. The van der Waals surface area contributed by atoms with Gasteiger partial charge < -0.3 is 16.5 Å². The van der Waals surface area contributed by atoms with E-state index in [2.05, 4.69) is 0 Å². The van der Waals surface area contributed by atoms with Gasteiger partial charge in [-0.25, -0.2) is 9.18 Å². The third-order valence-corrected chi connectivity index (χ3v) is 5.83. The molecular weight excluding hydrogens is 396 g/mol. The molecule has 1 aliphatic heterocycles. The van der Waals surface area contributed by atoms with E-state index in [1.165, 1.54) is 4.57 Å². The lowest BCUT2D eigenvalue weighted by molar-refractivity contribution is 0.487. The van der Waals surface area contributed by atoms with Gasteiger partial charge in [0, 0.05) is 25.2 Å². The first-order chi connectivity index (χ1) is 12.3. The van der Waals surface area contributed by atoms with Crippen LogP contribution in [0.2, 0.25) is 5.02 Å². The van der Waals surface area contributed by atoms with Crippen LogP contribution in [0, 0.1) is 11.7 Å². The fourth-order valence-corrected chi connectivity index (χ4v) is 4.21. The van der Waals surface area contributed by atoms with Crippen molar-refractivity contribution in [1.29, 1.82) is 0 Å². The standard InChI is InChI=1S/C17H21ClFN5O2.ClH/c1-8(20)9-4-5-22(7-9)15-12(19)6-11-14(13(15)18)23(10-2-3-10)17(26)24(21)16(11)25;/h6,8-10H,2-5,7,20-21H2,1H3;1H/t8-,9+;/m0./s1. The Bertz CT molecular complexity index is 1020. The highest BCUT2D eigenvalue weighted by Crippen LogP contribution is 2.41. The van der Waals surface area contributed by atoms with Gasteiger partial charge in [-0.3, -0.25) is 9.36 Å². The van der Waals surface area contributed by atoms with E-state index in [-0.39, 0.29) is 52.0 Å². The SMILES string of the molecule is C[C@H](N)[C@@H]1CCN(c2c(F)cc3c(=O)n(N)c(=O)n(C4CC4)c3c2Cl)C1.Cl. The van der Waals surface area contributed by atoms with Crippen molar-refractivity contribution in [2.45, 2.75) is 38.3 Å². The monoisotopic (exact) mass is 417 g/mol. The minimum Gasteiger partial charge on any atom is -0.368 e. The molecule has 0 bridgehead atoms. The number of nitrogens with zero attached hydrogens (tertiary/aromatic N) is 3. The first kappa shape index (κ1) is 20.0. The van der Waals surface area contributed by atoms with E-state index < -0.39 is 17.1 Å². The van der Waals surface area contributed by atoms with Gasteiger partial charge in [0.2, 0.25) is 0 Å². The second-order valence-corrected chi connectivity index (χ2v) is 7.71. The number of hydrogen-bond donors (Lipinski definition) is 2. The zero-order valence-electron chi connectivity index (χ0n) is 14.8. The van der Waals surface area contributed by atoms with Gasteiger partial charge in [-0.05, 0) is 38.2 Å². The van der Waals surface area contributed by atoms with Crippen molar-refractivity contribution in [3.05, 3.63) is 37.7 Å². The summed E-state index contributed by atoms with van der Waals surface area (Å²) in [5.41, 5.74) is 5.10. The minimum absolute atomic E-state index is 0. The van der Waals surface area contributed by atoms with Crippen molar-refractivity contribution in [3.8, 4) is 0 Å². The Morgan fingerprint density at radius 2 is 1.96 bits per heavy atom. The maximum Gasteiger partial charge on any atom is 0.350 e. The van der Waals surface area contributed by atoms with Crippen LogP contribution in [0.1, 0.15) is 32.2 Å². The fourth-order valence-electron chi connectivity index (χ4n) is 3.81. The van der Waals surface area contributed by atoms with Crippen molar-refractivity contribution in [2.24, 2.45) is 11.7 Å². The van der Waals surface area contributed by atoms with Crippen LogP contribution in [0.3, 0.4) is 0 Å². The van der Waals surface area contributed by atoms with Crippen molar-refractivity contribution in [1.82, 2.24) is 9.24 Å². The van der Waals surface area contributed by atoms with Gasteiger partial charge in [0.25, 0.3) is 5.56 Å². The van der Waals surface area contributed by atoms with Crippen LogP contribution in [-0.4, -0.2) is 28.4 Å². The molecule has 0 amide bonds. The van der Waals surface area contributed by atoms with E-state index in [1.807, 2.05) is 11.8 Å². The highest BCUT2D eigenvalue weighted by atomic mass is 35.5. The summed E-state index contributed by atoms with van der Waals surface area (Å²) in [5, 5.41) is 0.111. The molecule has 0 unspecified atom stereocenters. The number of anilines is 1. The number of fused-ring (bicyclic) bond motifs is 1. The quantitative estimate of drug-likeness (QED) is 0.738. The second kappa shape index (κ2) is 7.00. The summed E-state index contributed by atoms with van der Waals surface area (Å²) in [7, 11) is 0. The molecule has 4 rings (SSSR count). The smallest absolute Gasteiger partial charge is 0.350 e. The van der Waals surface area contributed by atoms with Crippen molar-refractivity contribution in [2.75, 3.05) is 23.8 Å². The van der Waals surface area contributed by atoms with E-state index >= 15 is 0 Å². The third-order valence-electron chi connectivity index (χ3n) is 5.47. The lowest BCUT2D eigenvalue weighted by Crippen LogP contribution is -2.44. The van der Waals surface area contributed by atoms with Gasteiger partial charge in [-0.1, -0.05) is 11.6 Å². The number of benzene rings is 1. The highest BCUT2D eigenvalue weighted by molar-refractivity contribution is 6.38. The molecule has 2 atom stereocenters. The lowest BCUT2D eigenvalue weighted by atomic mass is 10.0. The molecule has 7 nitrogen and oxygen atoms in total. The molecule has 1 aliphatic carbocycles. The van der Waals surface area contributed by atoms with E-state index in [1.54, 1.807) is 0 Å². The minimum atomic E-state index is -0.746. The van der Waals surface area contributed by atoms with E-state index in [0.29, 0.717) is 17.8 Å². The first-order valence-electron chi connectivity index (χ1n) is 8.76. The Morgan fingerprint density at radius 3 is 2.52 bits per heavy atom. The molecule has 1 saturated heterocycles. The average Bonchev–Trinajstić information content (AvgIpc) is 3.30. The molecule has 1 aromatic heterocycles. The number of rotatable bonds is 3. The normalized spacial score (nSPS) is 20.7. The summed E-state index contributed by atoms with van der Waals surface area (Å²) in [4.78, 5) is 26.8. The highest BCUT2D eigenvalue weighted by Gasteiger charge is 2.33. The van der Waals surface area contributed by atoms with Crippen LogP contribution in [0.5, 0.6) is 0 Å².